The van der Waals surface area contributed by atoms with Crippen molar-refractivity contribution < 1.29 is 23.5 Å². The van der Waals surface area contributed by atoms with Crippen LogP contribution in [0.4, 0.5) is 15.8 Å². The first-order valence-corrected chi connectivity index (χ1v) is 9.51. The van der Waals surface area contributed by atoms with Crippen LogP contribution in [0.2, 0.25) is 5.02 Å². The molecule has 29 heavy (non-hydrogen) atoms. The smallest absolute Gasteiger partial charge is 0.312 e. The zero-order chi connectivity index (χ0) is 21.4. The Morgan fingerprint density at radius 2 is 2.10 bits per heavy atom. The van der Waals surface area contributed by atoms with Gasteiger partial charge >= 0.3 is 5.91 Å². The number of furan rings is 1. The van der Waals surface area contributed by atoms with Crippen LogP contribution in [0.1, 0.15) is 36.4 Å². The molecule has 1 amide bonds. The van der Waals surface area contributed by atoms with Crippen LogP contribution < -0.4 is 10.8 Å². The molecule has 0 aliphatic heterocycles. The number of carbonyl (C=O) groups is 1. The quantitative estimate of drug-likeness (QED) is 0.375. The van der Waals surface area contributed by atoms with E-state index in [2.05, 4.69) is 15.8 Å². The highest BCUT2D eigenvalue weighted by atomic mass is 35.5. The summed E-state index contributed by atoms with van der Waals surface area (Å²) in [6, 6.07) is 4.66. The summed E-state index contributed by atoms with van der Waals surface area (Å²) in [6.45, 7) is 5.83. The number of benzene rings is 1. The highest BCUT2D eigenvalue weighted by molar-refractivity contribution is 6.35. The van der Waals surface area contributed by atoms with E-state index >= 15 is 0 Å². The van der Waals surface area contributed by atoms with Crippen molar-refractivity contribution in [2.45, 2.75) is 27.2 Å². The lowest BCUT2D eigenvalue weighted by atomic mass is 10.2. The molecule has 2 aromatic heterocycles. The predicted molar refractivity (Wildman–Crippen MR) is 110 cm³/mol. The molecule has 0 bridgehead atoms. The van der Waals surface area contributed by atoms with E-state index in [1.165, 1.54) is 18.5 Å². The number of aliphatic hydroxyl groups is 1. The average molecular weight is 424 g/mol. The summed E-state index contributed by atoms with van der Waals surface area (Å²) in [5.41, 5.74) is 3.60. The topological polar surface area (TPSA) is 96.6 Å². The zero-order valence-corrected chi connectivity index (χ0v) is 17.1. The van der Waals surface area contributed by atoms with Gasteiger partial charge in [0.15, 0.2) is 5.58 Å². The number of aliphatic hydroxyl groups excluding tert-OH is 1. The summed E-state index contributed by atoms with van der Waals surface area (Å²) >= 11 is 6.10. The molecule has 3 rings (SSSR count). The Kier molecular flexibility index (Phi) is 8.38. The molecule has 3 aromatic rings. The predicted octanol–water partition coefficient (Wildman–Crippen LogP) is 4.74. The number of amides is 1. The summed E-state index contributed by atoms with van der Waals surface area (Å²) in [4.78, 5) is 21.4. The van der Waals surface area contributed by atoms with Gasteiger partial charge in [0.2, 0.25) is 5.76 Å². The second-order valence-corrected chi connectivity index (χ2v) is 6.18. The molecule has 0 fully saturated rings. The molecule has 0 aliphatic carbocycles. The minimum atomic E-state index is -0.685. The van der Waals surface area contributed by atoms with Gasteiger partial charge < -0.3 is 14.8 Å². The Labute approximate surface area is 172 Å². The van der Waals surface area contributed by atoms with E-state index in [9.17, 15) is 9.18 Å². The van der Waals surface area contributed by atoms with Crippen LogP contribution in [0, 0.1) is 12.7 Å². The molecule has 2 heterocycles. The van der Waals surface area contributed by atoms with Crippen LogP contribution in [0.25, 0.3) is 11.0 Å². The molecule has 0 spiro atoms. The number of carbonyl (C=O) groups excluding carboxylic acids is 1. The van der Waals surface area contributed by atoms with Gasteiger partial charge in [-0.15, -0.1) is 0 Å². The van der Waals surface area contributed by atoms with Crippen molar-refractivity contribution in [3.05, 3.63) is 52.8 Å². The fourth-order valence-corrected chi connectivity index (χ4v) is 2.62. The maximum absolute atomic E-state index is 14.3. The van der Waals surface area contributed by atoms with E-state index in [4.69, 9.17) is 26.0 Å². The van der Waals surface area contributed by atoms with Crippen LogP contribution in [0.3, 0.4) is 0 Å². The van der Waals surface area contributed by atoms with Crippen molar-refractivity contribution in [2.75, 3.05) is 18.5 Å². The largest absolute Gasteiger partial charge is 0.447 e. The van der Waals surface area contributed by atoms with Crippen molar-refractivity contribution in [1.29, 1.82) is 0 Å². The van der Waals surface area contributed by atoms with E-state index in [0.717, 1.165) is 5.56 Å². The Morgan fingerprint density at radius 1 is 1.34 bits per heavy atom. The number of pyridine rings is 1. The number of aryl methyl sites for hydroxylation is 1. The van der Waals surface area contributed by atoms with Gasteiger partial charge in [0.05, 0.1) is 17.7 Å². The maximum Gasteiger partial charge on any atom is 0.312 e. The first kappa shape index (κ1) is 22.6. The van der Waals surface area contributed by atoms with Gasteiger partial charge in [-0.1, -0.05) is 31.5 Å². The Hall–Kier alpha value is -2.68. The zero-order valence-electron chi connectivity index (χ0n) is 16.4. The van der Waals surface area contributed by atoms with Crippen LogP contribution in [0.5, 0.6) is 0 Å². The Balaban J connectivity index is 0.00000145. The molecule has 0 saturated heterocycles. The van der Waals surface area contributed by atoms with Gasteiger partial charge in [0, 0.05) is 19.0 Å². The number of hydroxylamine groups is 1. The molecule has 0 atom stereocenters. The molecule has 1 aromatic carbocycles. The van der Waals surface area contributed by atoms with Gasteiger partial charge in [0.1, 0.15) is 16.5 Å². The molecule has 7 nitrogen and oxygen atoms in total. The monoisotopic (exact) mass is 423 g/mol. The lowest BCUT2D eigenvalue weighted by Gasteiger charge is -2.09. The summed E-state index contributed by atoms with van der Waals surface area (Å²) < 4.78 is 19.8. The molecule has 156 valence electrons. The van der Waals surface area contributed by atoms with Gasteiger partial charge in [-0.3, -0.25) is 14.6 Å². The number of rotatable bonds is 7. The standard InChI is InChI=1S/C18H17ClFN3O4.C2H6/c1-10-3-4-14(13(20)7-10)22-15-11-8-21-9-12(19)16(11)27-17(15)18(25)23-26-6-2-5-24;1-2/h3-4,7-9,22,24H,2,5-6H2,1H3,(H,23,25);1-2H3. The molecule has 0 unspecified atom stereocenters. The number of halogens is 2. The van der Waals surface area contributed by atoms with E-state index in [1.807, 2.05) is 13.8 Å². The summed E-state index contributed by atoms with van der Waals surface area (Å²) in [5.74, 6) is -1.30. The lowest BCUT2D eigenvalue weighted by molar-refractivity contribution is 0.0243. The lowest BCUT2D eigenvalue weighted by Crippen LogP contribution is -2.24. The van der Waals surface area contributed by atoms with Crippen molar-refractivity contribution >= 4 is 39.9 Å². The van der Waals surface area contributed by atoms with Crippen molar-refractivity contribution in [1.82, 2.24) is 10.5 Å². The van der Waals surface area contributed by atoms with E-state index in [-0.39, 0.29) is 41.0 Å². The number of fused-ring (bicyclic) bond motifs is 1. The number of nitrogens with zero attached hydrogens (tertiary/aromatic N) is 1. The summed E-state index contributed by atoms with van der Waals surface area (Å²) in [7, 11) is 0. The van der Waals surface area contributed by atoms with Crippen molar-refractivity contribution in [3.8, 4) is 0 Å². The van der Waals surface area contributed by atoms with Crippen LogP contribution >= 0.6 is 11.6 Å². The second-order valence-electron chi connectivity index (χ2n) is 5.77. The normalized spacial score (nSPS) is 10.4. The molecule has 9 heteroatoms. The van der Waals surface area contributed by atoms with Gasteiger partial charge in [-0.25, -0.2) is 9.87 Å². The van der Waals surface area contributed by atoms with Crippen LogP contribution in [-0.2, 0) is 4.84 Å². The average Bonchev–Trinajstić information content (AvgIpc) is 3.09. The second kappa shape index (κ2) is 10.8. The first-order chi connectivity index (χ1) is 14.0. The van der Waals surface area contributed by atoms with E-state index in [0.29, 0.717) is 11.8 Å². The Bertz CT molecular complexity index is 978. The SMILES string of the molecule is CC.Cc1ccc(Nc2c(C(=O)NOCCCO)oc3c(Cl)cncc23)c(F)c1. The summed E-state index contributed by atoms with van der Waals surface area (Å²) in [5, 5.41) is 12.3. The highest BCUT2D eigenvalue weighted by Gasteiger charge is 2.23. The highest BCUT2D eigenvalue weighted by Crippen LogP contribution is 2.36. The number of nitrogens with one attached hydrogen (secondary N) is 2. The third-order valence-electron chi connectivity index (χ3n) is 3.71. The third-order valence-corrected chi connectivity index (χ3v) is 3.98. The van der Waals surface area contributed by atoms with Crippen molar-refractivity contribution in [2.24, 2.45) is 0 Å². The molecule has 0 saturated carbocycles. The molecule has 0 aliphatic rings. The molecule has 3 N–H and O–H groups in total. The van der Waals surface area contributed by atoms with E-state index in [1.54, 1.807) is 19.1 Å². The fourth-order valence-electron chi connectivity index (χ4n) is 2.42. The first-order valence-electron chi connectivity index (χ1n) is 9.13. The van der Waals surface area contributed by atoms with Crippen molar-refractivity contribution in [3.63, 3.8) is 0 Å². The third kappa shape index (κ3) is 5.44. The van der Waals surface area contributed by atoms with Gasteiger partial charge in [-0.2, -0.15) is 0 Å². The maximum atomic E-state index is 14.3. The van der Waals surface area contributed by atoms with Gasteiger partial charge in [0.25, 0.3) is 0 Å². The minimum absolute atomic E-state index is 0.0682. The number of hydrogen-bond donors (Lipinski definition) is 3. The number of hydrogen-bond acceptors (Lipinski definition) is 6. The van der Waals surface area contributed by atoms with Crippen LogP contribution in [-0.4, -0.2) is 29.2 Å². The molecular weight excluding hydrogens is 401 g/mol. The van der Waals surface area contributed by atoms with Gasteiger partial charge in [-0.05, 0) is 31.0 Å². The summed E-state index contributed by atoms with van der Waals surface area (Å²) in [6.07, 6.45) is 3.20. The van der Waals surface area contributed by atoms with E-state index < -0.39 is 11.7 Å². The minimum Gasteiger partial charge on any atom is -0.447 e. The number of aromatic nitrogens is 1. The molecular formula is C20H23ClFN3O4. The fraction of sp³-hybridized carbons (Fsp3) is 0.300. The Morgan fingerprint density at radius 3 is 2.79 bits per heavy atom. The van der Waals surface area contributed by atoms with Crippen LogP contribution in [0.15, 0.2) is 35.0 Å². The number of anilines is 2. The molecule has 0 radical (unpaired) electrons.